The smallest absolute Gasteiger partial charge is 0.330 e. The molecule has 6 nitrogen and oxygen atoms in total. The zero-order chi connectivity index (χ0) is 15.6. The zero-order valence-corrected chi connectivity index (χ0v) is 11.6. The summed E-state index contributed by atoms with van der Waals surface area (Å²) in [4.78, 5) is 20.9. The number of allylic oxidation sites excluding steroid dienone is 4. The molecule has 0 aromatic heterocycles. The van der Waals surface area contributed by atoms with Crippen molar-refractivity contribution in [2.75, 3.05) is 27.4 Å². The van der Waals surface area contributed by atoms with Crippen LogP contribution in [0.5, 0.6) is 0 Å². The van der Waals surface area contributed by atoms with Gasteiger partial charge in [0.05, 0.1) is 27.4 Å². The Bertz CT molecular complexity index is 330. The Morgan fingerprint density at radius 1 is 0.800 bits per heavy atom. The summed E-state index contributed by atoms with van der Waals surface area (Å²) in [5, 5.41) is 16.4. The molecule has 0 spiro atoms. The van der Waals surface area contributed by atoms with Crippen molar-refractivity contribution < 1.29 is 29.3 Å². The highest BCUT2D eigenvalue weighted by molar-refractivity contribution is 5.84. The van der Waals surface area contributed by atoms with Crippen molar-refractivity contribution in [1.29, 1.82) is 0 Å². The van der Waals surface area contributed by atoms with E-state index in [1.54, 1.807) is 24.3 Å². The van der Waals surface area contributed by atoms with Crippen molar-refractivity contribution in [1.82, 2.24) is 0 Å². The molecule has 0 amide bonds. The van der Waals surface area contributed by atoms with Gasteiger partial charge in [-0.15, -0.1) is 0 Å². The van der Waals surface area contributed by atoms with Gasteiger partial charge < -0.3 is 19.7 Å². The second kappa shape index (κ2) is 16.8. The molecule has 2 N–H and O–H groups in total. The molecule has 0 aliphatic rings. The van der Waals surface area contributed by atoms with E-state index in [0.717, 1.165) is 0 Å². The average Bonchev–Trinajstić information content (AvgIpc) is 2.48. The van der Waals surface area contributed by atoms with Gasteiger partial charge in [0.2, 0.25) is 0 Å². The molecule has 0 aromatic rings. The van der Waals surface area contributed by atoms with Crippen LogP contribution in [0.15, 0.2) is 48.6 Å². The Hall–Kier alpha value is -2.18. The number of carbonyl (C=O) groups excluding carboxylic acids is 2. The topological polar surface area (TPSA) is 93.1 Å². The number of esters is 2. The fourth-order valence-electron chi connectivity index (χ4n) is 0.683. The van der Waals surface area contributed by atoms with E-state index in [-0.39, 0.29) is 13.2 Å². The number of aliphatic hydroxyl groups excluding tert-OH is 2. The van der Waals surface area contributed by atoms with E-state index < -0.39 is 11.9 Å². The van der Waals surface area contributed by atoms with Crippen LogP contribution >= 0.6 is 0 Å². The lowest BCUT2D eigenvalue weighted by molar-refractivity contribution is -0.135. The molecule has 0 rings (SSSR count). The molecule has 0 fully saturated rings. The minimum atomic E-state index is -0.468. The summed E-state index contributed by atoms with van der Waals surface area (Å²) in [5.41, 5.74) is 0. The number of aliphatic hydroxyl groups is 2. The number of ether oxygens (including phenoxy) is 2. The summed E-state index contributed by atoms with van der Waals surface area (Å²) in [6.45, 7) is 0.103. The van der Waals surface area contributed by atoms with Crippen LogP contribution in [0, 0.1) is 0 Å². The Balaban J connectivity index is 0. The molecule has 0 aliphatic carbocycles. The highest BCUT2D eigenvalue weighted by Crippen LogP contribution is 1.82. The molecule has 0 saturated carbocycles. The summed E-state index contributed by atoms with van der Waals surface area (Å²) in [6.07, 6.45) is 11.7. The Morgan fingerprint density at radius 3 is 1.40 bits per heavy atom. The van der Waals surface area contributed by atoms with Crippen LogP contribution in [0.25, 0.3) is 0 Å². The van der Waals surface area contributed by atoms with E-state index in [2.05, 4.69) is 9.47 Å². The standard InChI is InChI=1S/C8H10O4.C6H10O2/c1-11-7(9)5-3-4-6-8(10)12-2;7-5-3-1-2-4-6-8/h3-6H,1-2H3;1-4,7-8H,5-6H2/b5-3+,6-4+;3-1+,4-2+. The van der Waals surface area contributed by atoms with Gasteiger partial charge in [0.1, 0.15) is 0 Å². The van der Waals surface area contributed by atoms with Crippen molar-refractivity contribution in [3.8, 4) is 0 Å². The van der Waals surface area contributed by atoms with Crippen LogP contribution in [-0.4, -0.2) is 49.6 Å². The monoisotopic (exact) mass is 284 g/mol. The lowest BCUT2D eigenvalue weighted by Crippen LogP contribution is -1.94. The van der Waals surface area contributed by atoms with E-state index in [1.807, 2.05) is 0 Å². The van der Waals surface area contributed by atoms with Crippen molar-refractivity contribution in [3.63, 3.8) is 0 Å². The Labute approximate surface area is 118 Å². The summed E-state index contributed by atoms with van der Waals surface area (Å²) >= 11 is 0. The van der Waals surface area contributed by atoms with E-state index in [0.29, 0.717) is 0 Å². The number of rotatable bonds is 6. The molecule has 20 heavy (non-hydrogen) atoms. The Morgan fingerprint density at radius 2 is 1.15 bits per heavy atom. The molecule has 0 atom stereocenters. The van der Waals surface area contributed by atoms with Gasteiger partial charge in [-0.25, -0.2) is 9.59 Å². The van der Waals surface area contributed by atoms with Crippen molar-refractivity contribution in [2.45, 2.75) is 0 Å². The maximum Gasteiger partial charge on any atom is 0.330 e. The normalized spacial score (nSPS) is 11.0. The first-order valence-electron chi connectivity index (χ1n) is 5.66. The van der Waals surface area contributed by atoms with Crippen LogP contribution in [0.4, 0.5) is 0 Å². The number of hydrogen-bond donors (Lipinski definition) is 2. The second-order valence-electron chi connectivity index (χ2n) is 2.99. The zero-order valence-electron chi connectivity index (χ0n) is 11.6. The van der Waals surface area contributed by atoms with Crippen molar-refractivity contribution >= 4 is 11.9 Å². The van der Waals surface area contributed by atoms with Gasteiger partial charge in [0, 0.05) is 12.2 Å². The van der Waals surface area contributed by atoms with E-state index in [1.165, 1.54) is 38.5 Å². The molecule has 6 heteroatoms. The minimum Gasteiger partial charge on any atom is -0.466 e. The fraction of sp³-hybridized carbons (Fsp3) is 0.286. The second-order valence-corrected chi connectivity index (χ2v) is 2.99. The SMILES string of the molecule is COC(=O)/C=C/C=C/C(=O)OC.OC/C=C/C=C/CO. The van der Waals surface area contributed by atoms with Crippen molar-refractivity contribution in [3.05, 3.63) is 48.6 Å². The highest BCUT2D eigenvalue weighted by Gasteiger charge is 1.89. The first kappa shape index (κ1) is 20.1. The molecule has 0 radical (unpaired) electrons. The number of hydrogen-bond acceptors (Lipinski definition) is 6. The summed E-state index contributed by atoms with van der Waals surface area (Å²) in [7, 11) is 2.55. The lowest BCUT2D eigenvalue weighted by atomic mass is 10.4. The van der Waals surface area contributed by atoms with Crippen LogP contribution in [-0.2, 0) is 19.1 Å². The third-order valence-corrected chi connectivity index (χ3v) is 1.57. The van der Waals surface area contributed by atoms with Crippen molar-refractivity contribution in [2.24, 2.45) is 0 Å². The van der Waals surface area contributed by atoms with Crippen LogP contribution in [0.3, 0.4) is 0 Å². The van der Waals surface area contributed by atoms with E-state index in [9.17, 15) is 9.59 Å². The van der Waals surface area contributed by atoms with Gasteiger partial charge >= 0.3 is 11.9 Å². The molecule has 0 heterocycles. The number of methoxy groups -OCH3 is 2. The molecular weight excluding hydrogens is 264 g/mol. The van der Waals surface area contributed by atoms with Gasteiger partial charge in [-0.3, -0.25) is 0 Å². The summed E-state index contributed by atoms with van der Waals surface area (Å²) in [5.74, 6) is -0.936. The van der Waals surface area contributed by atoms with E-state index >= 15 is 0 Å². The third-order valence-electron chi connectivity index (χ3n) is 1.57. The van der Waals surface area contributed by atoms with Gasteiger partial charge in [0.15, 0.2) is 0 Å². The average molecular weight is 284 g/mol. The minimum absolute atomic E-state index is 0.0514. The van der Waals surface area contributed by atoms with Crippen LogP contribution < -0.4 is 0 Å². The predicted octanol–water partition coefficient (Wildman–Crippen LogP) is 0.528. The molecule has 0 aromatic carbocycles. The molecule has 0 aliphatic heterocycles. The molecule has 0 unspecified atom stereocenters. The number of carbonyl (C=O) groups is 2. The quantitative estimate of drug-likeness (QED) is 0.420. The van der Waals surface area contributed by atoms with Gasteiger partial charge in [-0.2, -0.15) is 0 Å². The van der Waals surface area contributed by atoms with Gasteiger partial charge in [-0.1, -0.05) is 36.5 Å². The third kappa shape index (κ3) is 18.2. The molecule has 0 saturated heterocycles. The molecular formula is C14H20O6. The fourth-order valence-corrected chi connectivity index (χ4v) is 0.683. The van der Waals surface area contributed by atoms with E-state index in [4.69, 9.17) is 10.2 Å². The maximum atomic E-state index is 10.5. The maximum absolute atomic E-state index is 10.5. The summed E-state index contributed by atoms with van der Waals surface area (Å²) in [6, 6.07) is 0. The predicted molar refractivity (Wildman–Crippen MR) is 74.8 cm³/mol. The van der Waals surface area contributed by atoms with Gasteiger partial charge in [-0.05, 0) is 0 Å². The first-order valence-corrected chi connectivity index (χ1v) is 5.66. The molecule has 112 valence electrons. The first-order chi connectivity index (χ1) is 9.62. The Kier molecular flexibility index (Phi) is 16.9. The lowest BCUT2D eigenvalue weighted by Gasteiger charge is -1.87. The summed E-state index contributed by atoms with van der Waals surface area (Å²) < 4.78 is 8.62. The highest BCUT2D eigenvalue weighted by atomic mass is 16.5. The van der Waals surface area contributed by atoms with Crippen LogP contribution in [0.1, 0.15) is 0 Å². The largest absolute Gasteiger partial charge is 0.466 e. The van der Waals surface area contributed by atoms with Crippen LogP contribution in [0.2, 0.25) is 0 Å². The van der Waals surface area contributed by atoms with Gasteiger partial charge in [0.25, 0.3) is 0 Å². The molecule has 0 bridgehead atoms.